The second kappa shape index (κ2) is 9.28. The van der Waals surface area contributed by atoms with Crippen molar-refractivity contribution in [3.05, 3.63) is 22.7 Å². The third-order valence-corrected chi connectivity index (χ3v) is 4.30. The number of methoxy groups -OCH3 is 2. The number of hydrogen-bond donors (Lipinski definition) is 2. The smallest absolute Gasteiger partial charge is 0.269 e. The minimum absolute atomic E-state index is 0.0457. The van der Waals surface area contributed by atoms with Gasteiger partial charge in [0.05, 0.1) is 19.2 Å². The Kier molecular flexibility index (Phi) is 7.08. The van der Waals surface area contributed by atoms with Crippen molar-refractivity contribution >= 4 is 29.3 Å². The molecular weight excluding hydrogens is 362 g/mol. The Bertz CT molecular complexity index is 695. The molecular formula is C17H22ClN3O5. The molecule has 0 aliphatic carbocycles. The molecule has 0 bridgehead atoms. The lowest BCUT2D eigenvalue weighted by Crippen LogP contribution is -2.47. The maximum absolute atomic E-state index is 12.2. The van der Waals surface area contributed by atoms with E-state index in [0.29, 0.717) is 24.5 Å². The highest BCUT2D eigenvalue weighted by Gasteiger charge is 2.20. The summed E-state index contributed by atoms with van der Waals surface area (Å²) in [6.45, 7) is 0.456. The number of carbonyl (C=O) groups is 3. The van der Waals surface area contributed by atoms with Crippen molar-refractivity contribution in [3.8, 4) is 11.5 Å². The van der Waals surface area contributed by atoms with E-state index in [1.807, 2.05) is 0 Å². The topological polar surface area (TPSA) is 97.0 Å². The zero-order valence-corrected chi connectivity index (χ0v) is 15.5. The Morgan fingerprint density at radius 2 is 1.92 bits per heavy atom. The molecule has 1 aromatic carbocycles. The molecule has 0 spiro atoms. The van der Waals surface area contributed by atoms with E-state index >= 15 is 0 Å². The predicted molar refractivity (Wildman–Crippen MR) is 95.2 cm³/mol. The first-order valence-corrected chi connectivity index (χ1v) is 8.62. The Balaban J connectivity index is 1.94. The zero-order valence-electron chi connectivity index (χ0n) is 14.8. The molecule has 2 N–H and O–H groups in total. The first kappa shape index (κ1) is 19.8. The van der Waals surface area contributed by atoms with Gasteiger partial charge in [0.25, 0.3) is 11.8 Å². The summed E-state index contributed by atoms with van der Waals surface area (Å²) in [4.78, 5) is 37.6. The molecule has 1 heterocycles. The summed E-state index contributed by atoms with van der Waals surface area (Å²) >= 11 is 6.06. The third-order valence-electron chi connectivity index (χ3n) is 4.02. The SMILES string of the molecule is COc1cc(C(=O)NNC(=O)CN2CCCCCC2=O)cc(Cl)c1OC. The second-order valence-corrected chi connectivity index (χ2v) is 6.23. The minimum Gasteiger partial charge on any atom is -0.493 e. The van der Waals surface area contributed by atoms with Crippen LogP contribution in [0.1, 0.15) is 36.0 Å². The van der Waals surface area contributed by atoms with Crippen LogP contribution in [0.2, 0.25) is 5.02 Å². The van der Waals surface area contributed by atoms with Gasteiger partial charge in [0, 0.05) is 18.5 Å². The van der Waals surface area contributed by atoms with Crippen LogP contribution in [0.25, 0.3) is 0 Å². The standard InChI is InChI=1S/C17H22ClN3O5/c1-25-13-9-11(8-12(18)16(13)26-2)17(24)20-19-14(22)10-21-7-5-3-4-6-15(21)23/h8-9H,3-7,10H2,1-2H3,(H,19,22)(H,20,24). The van der Waals surface area contributed by atoms with Crippen molar-refractivity contribution < 1.29 is 23.9 Å². The van der Waals surface area contributed by atoms with Gasteiger partial charge in [0.2, 0.25) is 5.91 Å². The van der Waals surface area contributed by atoms with Gasteiger partial charge >= 0.3 is 0 Å². The molecule has 2 rings (SSSR count). The number of ether oxygens (including phenoxy) is 2. The summed E-state index contributed by atoms with van der Waals surface area (Å²) in [5.74, 6) is -0.472. The molecule has 1 fully saturated rings. The summed E-state index contributed by atoms with van der Waals surface area (Å²) < 4.78 is 10.2. The van der Waals surface area contributed by atoms with Crippen LogP contribution in [0.4, 0.5) is 0 Å². The Morgan fingerprint density at radius 1 is 1.15 bits per heavy atom. The van der Waals surface area contributed by atoms with Crippen molar-refractivity contribution in [2.75, 3.05) is 27.3 Å². The van der Waals surface area contributed by atoms with Crippen molar-refractivity contribution in [1.82, 2.24) is 15.8 Å². The lowest BCUT2D eigenvalue weighted by atomic mass is 10.2. The molecule has 142 valence electrons. The fourth-order valence-corrected chi connectivity index (χ4v) is 2.95. The normalized spacial score (nSPS) is 14.4. The summed E-state index contributed by atoms with van der Waals surface area (Å²) in [7, 11) is 2.86. The summed E-state index contributed by atoms with van der Waals surface area (Å²) in [5, 5.41) is 0.207. The highest BCUT2D eigenvalue weighted by atomic mass is 35.5. The van der Waals surface area contributed by atoms with E-state index in [4.69, 9.17) is 21.1 Å². The van der Waals surface area contributed by atoms with Gasteiger partial charge in [-0.15, -0.1) is 0 Å². The van der Waals surface area contributed by atoms with E-state index < -0.39 is 11.8 Å². The van der Waals surface area contributed by atoms with E-state index in [1.165, 1.54) is 31.3 Å². The molecule has 26 heavy (non-hydrogen) atoms. The van der Waals surface area contributed by atoms with Crippen LogP contribution >= 0.6 is 11.6 Å². The van der Waals surface area contributed by atoms with Gasteiger partial charge < -0.3 is 14.4 Å². The van der Waals surface area contributed by atoms with E-state index in [-0.39, 0.29) is 23.0 Å². The molecule has 8 nitrogen and oxygen atoms in total. The number of amides is 3. The fourth-order valence-electron chi connectivity index (χ4n) is 2.67. The van der Waals surface area contributed by atoms with Crippen LogP contribution in [-0.2, 0) is 9.59 Å². The number of carbonyl (C=O) groups excluding carboxylic acids is 3. The molecule has 0 radical (unpaired) electrons. The van der Waals surface area contributed by atoms with Crippen molar-refractivity contribution in [2.24, 2.45) is 0 Å². The number of rotatable bonds is 5. The first-order valence-electron chi connectivity index (χ1n) is 8.24. The van der Waals surface area contributed by atoms with Crippen LogP contribution in [0.15, 0.2) is 12.1 Å². The molecule has 1 aliphatic rings. The average molecular weight is 384 g/mol. The molecule has 0 unspecified atom stereocenters. The number of likely N-dealkylation sites (tertiary alicyclic amines) is 1. The Labute approximate surface area is 156 Å². The molecule has 9 heteroatoms. The van der Waals surface area contributed by atoms with Crippen LogP contribution < -0.4 is 20.3 Å². The van der Waals surface area contributed by atoms with Crippen LogP contribution in [0.3, 0.4) is 0 Å². The predicted octanol–water partition coefficient (Wildman–Crippen LogP) is 1.52. The highest BCUT2D eigenvalue weighted by molar-refractivity contribution is 6.32. The number of nitrogens with one attached hydrogen (secondary N) is 2. The van der Waals surface area contributed by atoms with Crippen LogP contribution in [-0.4, -0.2) is 49.9 Å². The molecule has 1 saturated heterocycles. The number of hydrazine groups is 1. The van der Waals surface area contributed by atoms with Gasteiger partial charge in [-0.3, -0.25) is 25.2 Å². The van der Waals surface area contributed by atoms with E-state index in [2.05, 4.69) is 10.9 Å². The quantitative estimate of drug-likeness (QED) is 0.751. The molecule has 0 saturated carbocycles. The maximum Gasteiger partial charge on any atom is 0.269 e. The number of nitrogens with zero attached hydrogens (tertiary/aromatic N) is 1. The van der Waals surface area contributed by atoms with E-state index in [0.717, 1.165) is 19.3 Å². The van der Waals surface area contributed by atoms with Gasteiger partial charge in [0.15, 0.2) is 11.5 Å². The molecule has 1 aliphatic heterocycles. The summed E-state index contributed by atoms with van der Waals surface area (Å²) in [5.41, 5.74) is 4.80. The number of benzene rings is 1. The summed E-state index contributed by atoms with van der Waals surface area (Å²) in [6, 6.07) is 2.85. The highest BCUT2D eigenvalue weighted by Crippen LogP contribution is 2.35. The number of hydrogen-bond acceptors (Lipinski definition) is 5. The van der Waals surface area contributed by atoms with Crippen molar-refractivity contribution in [2.45, 2.75) is 25.7 Å². The van der Waals surface area contributed by atoms with Gasteiger partial charge in [-0.25, -0.2) is 0 Å². The first-order chi connectivity index (χ1) is 12.5. The van der Waals surface area contributed by atoms with Crippen LogP contribution in [0.5, 0.6) is 11.5 Å². The second-order valence-electron chi connectivity index (χ2n) is 5.82. The largest absolute Gasteiger partial charge is 0.493 e. The van der Waals surface area contributed by atoms with Crippen molar-refractivity contribution in [3.63, 3.8) is 0 Å². The molecule has 0 aromatic heterocycles. The van der Waals surface area contributed by atoms with Crippen molar-refractivity contribution in [1.29, 1.82) is 0 Å². The Hall–Kier alpha value is -2.48. The fraction of sp³-hybridized carbons (Fsp3) is 0.471. The van der Waals surface area contributed by atoms with E-state index in [1.54, 1.807) is 0 Å². The van der Waals surface area contributed by atoms with Gasteiger partial charge in [0.1, 0.15) is 6.54 Å². The zero-order chi connectivity index (χ0) is 19.1. The van der Waals surface area contributed by atoms with Gasteiger partial charge in [-0.1, -0.05) is 18.0 Å². The van der Waals surface area contributed by atoms with E-state index in [9.17, 15) is 14.4 Å². The minimum atomic E-state index is -0.566. The monoisotopic (exact) mass is 383 g/mol. The lowest BCUT2D eigenvalue weighted by molar-refractivity contribution is -0.135. The van der Waals surface area contributed by atoms with Crippen LogP contribution in [0, 0.1) is 0 Å². The number of halogens is 1. The third kappa shape index (κ3) is 5.01. The summed E-state index contributed by atoms with van der Waals surface area (Å²) in [6.07, 6.45) is 3.13. The Morgan fingerprint density at radius 3 is 2.62 bits per heavy atom. The molecule has 1 aromatic rings. The van der Waals surface area contributed by atoms with Gasteiger partial charge in [-0.2, -0.15) is 0 Å². The average Bonchev–Trinajstić information content (AvgIpc) is 2.83. The lowest BCUT2D eigenvalue weighted by Gasteiger charge is -2.20. The molecule has 0 atom stereocenters. The molecule has 3 amide bonds. The maximum atomic E-state index is 12.2. The van der Waals surface area contributed by atoms with Gasteiger partial charge in [-0.05, 0) is 25.0 Å².